The predicted molar refractivity (Wildman–Crippen MR) is 97.6 cm³/mol. The number of nitro groups is 1. The van der Waals surface area contributed by atoms with Crippen LogP contribution in [0.5, 0.6) is 0 Å². The molecule has 144 valence electrons. The number of benzene rings is 2. The maximum Gasteiger partial charge on any atom is 0.293 e. The average Bonchev–Trinajstić information content (AvgIpc) is 2.56. The highest BCUT2D eigenvalue weighted by Gasteiger charge is 2.19. The van der Waals surface area contributed by atoms with E-state index in [1.807, 2.05) is 0 Å². The largest absolute Gasteiger partial charge is 0.379 e. The molecule has 0 aromatic heterocycles. The molecule has 0 saturated heterocycles. The lowest BCUT2D eigenvalue weighted by Gasteiger charge is -2.09. The Labute approximate surface area is 158 Å². The molecular weight excluding hydrogens is 403 g/mol. The molecule has 0 aliphatic carbocycles. The Balaban J connectivity index is 2.02. The Morgan fingerprint density at radius 3 is 2.48 bits per heavy atom. The number of sulfonamides is 1. The number of hydrogen-bond acceptors (Lipinski definition) is 6. The number of anilines is 2. The van der Waals surface area contributed by atoms with Crippen molar-refractivity contribution in [1.29, 1.82) is 0 Å². The molecule has 2 aromatic carbocycles. The number of hydrogen-bond donors (Lipinski definition) is 3. The first-order valence-electron chi connectivity index (χ1n) is 7.38. The summed E-state index contributed by atoms with van der Waals surface area (Å²) in [5, 5.41) is 21.2. The van der Waals surface area contributed by atoms with Gasteiger partial charge in [-0.3, -0.25) is 14.9 Å². The van der Waals surface area contributed by atoms with Crippen LogP contribution < -0.4 is 15.8 Å². The highest BCUT2D eigenvalue weighted by molar-refractivity contribution is 7.89. The van der Waals surface area contributed by atoms with Crippen molar-refractivity contribution in [2.24, 2.45) is 5.14 Å². The van der Waals surface area contributed by atoms with Gasteiger partial charge in [0.25, 0.3) is 5.69 Å². The molecule has 0 fully saturated rings. The van der Waals surface area contributed by atoms with Gasteiger partial charge in [0.2, 0.25) is 15.9 Å². The van der Waals surface area contributed by atoms with E-state index in [2.05, 4.69) is 10.6 Å². The summed E-state index contributed by atoms with van der Waals surface area (Å²) in [6.45, 7) is -0.0173. The third kappa shape index (κ3) is 5.61. The second-order valence-corrected chi connectivity index (χ2v) is 7.33. The number of rotatable bonds is 7. The topological polar surface area (TPSA) is 144 Å². The molecule has 0 saturated carbocycles. The Morgan fingerprint density at radius 2 is 1.89 bits per heavy atom. The normalized spacial score (nSPS) is 11.1. The summed E-state index contributed by atoms with van der Waals surface area (Å²) in [4.78, 5) is 21.8. The fourth-order valence-electron chi connectivity index (χ4n) is 2.10. The van der Waals surface area contributed by atoms with Crippen molar-refractivity contribution in [2.75, 3.05) is 17.2 Å². The highest BCUT2D eigenvalue weighted by atomic mass is 35.5. The van der Waals surface area contributed by atoms with Gasteiger partial charge in [-0.05, 0) is 30.3 Å². The molecule has 2 aromatic rings. The van der Waals surface area contributed by atoms with Crippen LogP contribution in [-0.4, -0.2) is 25.8 Å². The molecule has 27 heavy (non-hydrogen) atoms. The molecule has 0 radical (unpaired) electrons. The van der Waals surface area contributed by atoms with Crippen molar-refractivity contribution in [3.8, 4) is 0 Å². The van der Waals surface area contributed by atoms with Gasteiger partial charge in [0, 0.05) is 24.1 Å². The standard InChI is InChI=1S/C15H14ClFN4O5S/c16-9-1-3-12(11(17)7-9)20-15(22)5-6-19-13-4-2-10(27(18,25)26)8-14(13)21(23)24/h1-4,7-8,19H,5-6H2,(H,20,22)(H2,18,25,26). The van der Waals surface area contributed by atoms with Gasteiger partial charge < -0.3 is 10.6 Å². The number of amides is 1. The van der Waals surface area contributed by atoms with Gasteiger partial charge in [-0.25, -0.2) is 17.9 Å². The summed E-state index contributed by atoms with van der Waals surface area (Å²) in [5.41, 5.74) is -0.545. The minimum Gasteiger partial charge on any atom is -0.379 e. The molecule has 0 bridgehead atoms. The molecule has 12 heteroatoms. The van der Waals surface area contributed by atoms with Crippen molar-refractivity contribution in [3.05, 3.63) is 57.4 Å². The minimum atomic E-state index is -4.09. The fourth-order valence-corrected chi connectivity index (χ4v) is 2.80. The van der Waals surface area contributed by atoms with Crippen molar-refractivity contribution < 1.29 is 22.5 Å². The zero-order valence-electron chi connectivity index (χ0n) is 13.6. The first-order chi connectivity index (χ1) is 12.6. The molecule has 0 aliphatic rings. The van der Waals surface area contributed by atoms with Crippen molar-refractivity contribution >= 4 is 44.6 Å². The van der Waals surface area contributed by atoms with E-state index in [0.717, 1.165) is 18.2 Å². The summed E-state index contributed by atoms with van der Waals surface area (Å²) >= 11 is 5.62. The Bertz CT molecular complexity index is 1000. The van der Waals surface area contributed by atoms with Gasteiger partial charge >= 0.3 is 0 Å². The Hall–Kier alpha value is -2.76. The molecule has 0 atom stereocenters. The van der Waals surface area contributed by atoms with Gasteiger partial charge in [0.15, 0.2) is 0 Å². The average molecular weight is 417 g/mol. The smallest absolute Gasteiger partial charge is 0.293 e. The lowest BCUT2D eigenvalue weighted by molar-refractivity contribution is -0.384. The van der Waals surface area contributed by atoms with Crippen LogP contribution in [0.1, 0.15) is 6.42 Å². The number of halogens is 2. The van der Waals surface area contributed by atoms with Crippen LogP contribution in [-0.2, 0) is 14.8 Å². The fraction of sp³-hybridized carbons (Fsp3) is 0.133. The first-order valence-corrected chi connectivity index (χ1v) is 9.30. The van der Waals surface area contributed by atoms with E-state index in [9.17, 15) is 27.7 Å². The molecule has 2 rings (SSSR count). The van der Waals surface area contributed by atoms with E-state index >= 15 is 0 Å². The second kappa shape index (κ2) is 8.29. The van der Waals surface area contributed by atoms with Crippen LogP contribution in [0.4, 0.5) is 21.5 Å². The number of nitrogens with two attached hydrogens (primary N) is 1. The second-order valence-electron chi connectivity index (χ2n) is 5.33. The summed E-state index contributed by atoms with van der Waals surface area (Å²) < 4.78 is 36.2. The summed E-state index contributed by atoms with van der Waals surface area (Å²) in [7, 11) is -4.09. The first kappa shape index (κ1) is 20.6. The predicted octanol–water partition coefficient (Wildman–Crippen LogP) is 2.48. The SMILES string of the molecule is NS(=O)(=O)c1ccc(NCCC(=O)Nc2ccc(Cl)cc2F)c([N+](=O)[O-])c1. The highest BCUT2D eigenvalue weighted by Crippen LogP contribution is 2.27. The number of nitro benzene ring substituents is 1. The van der Waals surface area contributed by atoms with E-state index in [-0.39, 0.29) is 29.4 Å². The van der Waals surface area contributed by atoms with E-state index in [4.69, 9.17) is 16.7 Å². The van der Waals surface area contributed by atoms with E-state index in [1.54, 1.807) is 0 Å². The van der Waals surface area contributed by atoms with Crippen LogP contribution in [0, 0.1) is 15.9 Å². The van der Waals surface area contributed by atoms with Gasteiger partial charge in [-0.2, -0.15) is 0 Å². The number of carbonyl (C=O) groups is 1. The maximum atomic E-state index is 13.6. The summed E-state index contributed by atoms with van der Waals surface area (Å²) in [5.74, 6) is -1.23. The van der Waals surface area contributed by atoms with Crippen LogP contribution in [0.25, 0.3) is 0 Å². The quantitative estimate of drug-likeness (QED) is 0.467. The van der Waals surface area contributed by atoms with Crippen LogP contribution in [0.2, 0.25) is 5.02 Å². The Morgan fingerprint density at radius 1 is 1.22 bits per heavy atom. The molecular formula is C15H14ClFN4O5S. The lowest BCUT2D eigenvalue weighted by atomic mass is 10.2. The van der Waals surface area contributed by atoms with Crippen LogP contribution >= 0.6 is 11.6 Å². The van der Waals surface area contributed by atoms with E-state index < -0.39 is 37.3 Å². The monoisotopic (exact) mass is 416 g/mol. The van der Waals surface area contributed by atoms with Gasteiger partial charge in [-0.1, -0.05) is 11.6 Å². The zero-order chi connectivity index (χ0) is 20.2. The molecule has 4 N–H and O–H groups in total. The van der Waals surface area contributed by atoms with Gasteiger partial charge in [-0.15, -0.1) is 0 Å². The van der Waals surface area contributed by atoms with E-state index in [1.165, 1.54) is 18.2 Å². The molecule has 0 spiro atoms. The zero-order valence-corrected chi connectivity index (χ0v) is 15.2. The minimum absolute atomic E-state index is 0.0119. The van der Waals surface area contributed by atoms with E-state index in [0.29, 0.717) is 0 Å². The van der Waals surface area contributed by atoms with Crippen LogP contribution in [0.3, 0.4) is 0 Å². The molecule has 0 heterocycles. The molecule has 0 unspecified atom stereocenters. The van der Waals surface area contributed by atoms with Gasteiger partial charge in [0.1, 0.15) is 11.5 Å². The number of carbonyl (C=O) groups excluding carboxylic acids is 1. The summed E-state index contributed by atoms with van der Waals surface area (Å²) in [6.07, 6.45) is -0.129. The van der Waals surface area contributed by atoms with Crippen molar-refractivity contribution in [2.45, 2.75) is 11.3 Å². The maximum absolute atomic E-state index is 13.6. The van der Waals surface area contributed by atoms with Crippen LogP contribution in [0.15, 0.2) is 41.3 Å². The summed E-state index contributed by atoms with van der Waals surface area (Å²) in [6, 6.07) is 6.86. The third-order valence-corrected chi connectivity index (χ3v) is 4.51. The number of nitrogens with one attached hydrogen (secondary N) is 2. The van der Waals surface area contributed by atoms with Crippen molar-refractivity contribution in [3.63, 3.8) is 0 Å². The lowest BCUT2D eigenvalue weighted by Crippen LogP contribution is -2.17. The Kier molecular flexibility index (Phi) is 6.31. The molecule has 1 amide bonds. The third-order valence-electron chi connectivity index (χ3n) is 3.37. The molecule has 9 nitrogen and oxygen atoms in total. The number of nitrogens with zero attached hydrogens (tertiary/aromatic N) is 1. The number of primary sulfonamides is 1. The van der Waals surface area contributed by atoms with Gasteiger partial charge in [0.05, 0.1) is 15.5 Å². The van der Waals surface area contributed by atoms with Crippen molar-refractivity contribution in [1.82, 2.24) is 0 Å². The molecule has 0 aliphatic heterocycles.